The molecule has 0 fully saturated rings. The first kappa shape index (κ1) is 13.8. The summed E-state index contributed by atoms with van der Waals surface area (Å²) in [5, 5.41) is 10.9. The molecule has 0 saturated heterocycles. The van der Waals surface area contributed by atoms with Gasteiger partial charge in [-0.3, -0.25) is 10.1 Å². The number of nitro groups is 1. The van der Waals surface area contributed by atoms with Gasteiger partial charge < -0.3 is 5.43 Å². The van der Waals surface area contributed by atoms with E-state index in [1.807, 2.05) is 6.92 Å². The normalized spacial score (nSPS) is 13.0. The van der Waals surface area contributed by atoms with E-state index in [1.54, 1.807) is 17.8 Å². The van der Waals surface area contributed by atoms with Crippen molar-refractivity contribution in [3.63, 3.8) is 0 Å². The maximum absolute atomic E-state index is 10.9. The van der Waals surface area contributed by atoms with Crippen LogP contribution in [0, 0.1) is 17.0 Å². The molecular formula is C13H13N5O2S. The Hall–Kier alpha value is -2.19. The van der Waals surface area contributed by atoms with E-state index in [9.17, 15) is 10.1 Å². The molecule has 0 aliphatic carbocycles. The number of aromatic nitrogens is 2. The van der Waals surface area contributed by atoms with Crippen LogP contribution in [0.2, 0.25) is 0 Å². The second-order valence-electron chi connectivity index (χ2n) is 4.71. The zero-order chi connectivity index (χ0) is 15.0. The fourth-order valence-corrected chi connectivity index (χ4v) is 3.30. The number of hydrazine groups is 1. The van der Waals surface area contributed by atoms with Crippen LogP contribution in [0.5, 0.6) is 0 Å². The van der Waals surface area contributed by atoms with Gasteiger partial charge in [-0.1, -0.05) is 6.07 Å². The van der Waals surface area contributed by atoms with Gasteiger partial charge in [0.05, 0.1) is 10.6 Å². The van der Waals surface area contributed by atoms with Crippen LogP contribution in [-0.2, 0) is 11.5 Å². The molecule has 0 unspecified atom stereocenters. The number of nitro benzene ring substituents is 1. The molecule has 1 aromatic carbocycles. The Balaban J connectivity index is 2.17. The lowest BCUT2D eigenvalue weighted by Crippen LogP contribution is -2.13. The van der Waals surface area contributed by atoms with Crippen LogP contribution in [-0.4, -0.2) is 14.9 Å². The predicted molar refractivity (Wildman–Crippen MR) is 81.7 cm³/mol. The molecule has 2 aromatic rings. The molecule has 3 rings (SSSR count). The second-order valence-corrected chi connectivity index (χ2v) is 5.70. The number of rotatable bonds is 3. The fraction of sp³-hybridized carbons (Fsp3) is 0.231. The molecule has 21 heavy (non-hydrogen) atoms. The number of nitrogen functional groups attached to an aromatic ring is 1. The van der Waals surface area contributed by atoms with Gasteiger partial charge in [-0.15, -0.1) is 0 Å². The minimum atomic E-state index is -0.422. The number of benzene rings is 1. The average Bonchev–Trinajstić information content (AvgIpc) is 2.94. The molecule has 0 radical (unpaired) electrons. The van der Waals surface area contributed by atoms with Crippen molar-refractivity contribution in [2.45, 2.75) is 18.4 Å². The topological polar surface area (TPSA) is 107 Å². The highest BCUT2D eigenvalue weighted by molar-refractivity contribution is 7.98. The van der Waals surface area contributed by atoms with Gasteiger partial charge >= 0.3 is 0 Å². The quantitative estimate of drug-likeness (QED) is 0.509. The van der Waals surface area contributed by atoms with Crippen molar-refractivity contribution in [3.05, 3.63) is 45.1 Å². The Labute approximate surface area is 125 Å². The third-order valence-corrected chi connectivity index (χ3v) is 4.36. The number of thioether (sulfide) groups is 1. The summed E-state index contributed by atoms with van der Waals surface area (Å²) in [7, 11) is 0. The summed E-state index contributed by atoms with van der Waals surface area (Å²) in [4.78, 5) is 19.5. The van der Waals surface area contributed by atoms with Crippen LogP contribution >= 0.6 is 11.8 Å². The molecule has 1 aromatic heterocycles. The number of nitrogens with two attached hydrogens (primary N) is 1. The van der Waals surface area contributed by atoms with Gasteiger partial charge in [0, 0.05) is 34.8 Å². The van der Waals surface area contributed by atoms with Crippen LogP contribution in [0.15, 0.2) is 18.2 Å². The molecule has 3 N–H and O–H groups in total. The van der Waals surface area contributed by atoms with Crippen LogP contribution in [0.25, 0.3) is 11.4 Å². The lowest BCUT2D eigenvalue weighted by atomic mass is 10.1. The lowest BCUT2D eigenvalue weighted by Gasteiger charge is -2.10. The first-order valence-corrected chi connectivity index (χ1v) is 7.45. The van der Waals surface area contributed by atoms with Gasteiger partial charge in [0.1, 0.15) is 5.82 Å². The smallest absolute Gasteiger partial charge is 0.270 e. The number of hydrogen-bond acceptors (Lipinski definition) is 7. The SMILES string of the molecule is Cc1ccc([N+](=O)[O-])cc1-c1nc2c(c(NN)n1)CSC2. The van der Waals surface area contributed by atoms with E-state index in [2.05, 4.69) is 15.4 Å². The number of aryl methyl sites for hydroxylation is 1. The Morgan fingerprint density at radius 3 is 2.90 bits per heavy atom. The molecule has 0 saturated carbocycles. The van der Waals surface area contributed by atoms with Gasteiger partial charge in [0.25, 0.3) is 5.69 Å². The van der Waals surface area contributed by atoms with E-state index in [-0.39, 0.29) is 5.69 Å². The van der Waals surface area contributed by atoms with Crippen molar-refractivity contribution in [2.24, 2.45) is 5.84 Å². The fourth-order valence-electron chi connectivity index (χ4n) is 2.26. The minimum absolute atomic E-state index is 0.0244. The van der Waals surface area contributed by atoms with Gasteiger partial charge in [-0.05, 0) is 12.5 Å². The molecule has 1 aliphatic heterocycles. The van der Waals surface area contributed by atoms with E-state index in [1.165, 1.54) is 12.1 Å². The van der Waals surface area contributed by atoms with Gasteiger partial charge in [-0.2, -0.15) is 11.8 Å². The van der Waals surface area contributed by atoms with Crippen molar-refractivity contribution in [1.82, 2.24) is 9.97 Å². The summed E-state index contributed by atoms with van der Waals surface area (Å²) in [6.07, 6.45) is 0. The largest absolute Gasteiger partial charge is 0.308 e. The van der Waals surface area contributed by atoms with Gasteiger partial charge in [0.15, 0.2) is 5.82 Å². The zero-order valence-corrected chi connectivity index (χ0v) is 12.1. The molecule has 1 aliphatic rings. The highest BCUT2D eigenvalue weighted by Crippen LogP contribution is 2.35. The van der Waals surface area contributed by atoms with E-state index >= 15 is 0 Å². The average molecular weight is 303 g/mol. The monoisotopic (exact) mass is 303 g/mol. The number of fused-ring (bicyclic) bond motifs is 1. The van der Waals surface area contributed by atoms with Crippen LogP contribution < -0.4 is 11.3 Å². The second kappa shape index (κ2) is 5.30. The number of nitrogens with zero attached hydrogens (tertiary/aromatic N) is 3. The molecular weight excluding hydrogens is 290 g/mol. The summed E-state index contributed by atoms with van der Waals surface area (Å²) in [6.45, 7) is 1.87. The van der Waals surface area contributed by atoms with E-state index < -0.39 is 4.92 Å². The van der Waals surface area contributed by atoms with Gasteiger partial charge in [0.2, 0.25) is 0 Å². The van der Waals surface area contributed by atoms with E-state index in [0.29, 0.717) is 17.2 Å². The predicted octanol–water partition coefficient (Wildman–Crippen LogP) is 2.39. The third-order valence-electron chi connectivity index (χ3n) is 3.39. The lowest BCUT2D eigenvalue weighted by molar-refractivity contribution is -0.384. The third kappa shape index (κ3) is 2.43. The van der Waals surface area contributed by atoms with E-state index in [0.717, 1.165) is 28.3 Å². The highest BCUT2D eigenvalue weighted by atomic mass is 32.2. The molecule has 0 atom stereocenters. The Bertz CT molecular complexity index is 735. The number of anilines is 1. The molecule has 8 heteroatoms. The van der Waals surface area contributed by atoms with Crippen molar-refractivity contribution in [3.8, 4) is 11.4 Å². The number of non-ortho nitro benzene ring substituents is 1. The molecule has 108 valence electrons. The van der Waals surface area contributed by atoms with Crippen LogP contribution in [0.4, 0.5) is 11.5 Å². The molecule has 0 bridgehead atoms. The molecule has 0 spiro atoms. The number of hydrogen-bond donors (Lipinski definition) is 2. The Morgan fingerprint density at radius 1 is 1.38 bits per heavy atom. The first-order valence-electron chi connectivity index (χ1n) is 6.29. The summed E-state index contributed by atoms with van der Waals surface area (Å²) in [5.41, 5.74) is 6.10. The minimum Gasteiger partial charge on any atom is -0.308 e. The number of nitrogens with one attached hydrogen (secondary N) is 1. The molecule has 0 amide bonds. The van der Waals surface area contributed by atoms with Gasteiger partial charge in [-0.25, -0.2) is 15.8 Å². The summed E-state index contributed by atoms with van der Waals surface area (Å²) in [6, 6.07) is 4.68. The molecule has 7 nitrogen and oxygen atoms in total. The van der Waals surface area contributed by atoms with E-state index in [4.69, 9.17) is 5.84 Å². The van der Waals surface area contributed by atoms with Crippen molar-refractivity contribution in [2.75, 3.05) is 5.43 Å². The standard InChI is InChI=1S/C13H13N5O2S/c1-7-2-3-8(18(19)20)4-9(7)12-15-11-6-21-5-10(11)13(16-12)17-14/h2-4H,5-6,14H2,1H3,(H,15,16,17). The summed E-state index contributed by atoms with van der Waals surface area (Å²) >= 11 is 1.74. The highest BCUT2D eigenvalue weighted by Gasteiger charge is 2.21. The summed E-state index contributed by atoms with van der Waals surface area (Å²) < 4.78 is 0. The zero-order valence-electron chi connectivity index (χ0n) is 11.3. The Morgan fingerprint density at radius 2 is 2.19 bits per heavy atom. The van der Waals surface area contributed by atoms with Crippen molar-refractivity contribution >= 4 is 23.3 Å². The van der Waals surface area contributed by atoms with Crippen molar-refractivity contribution < 1.29 is 4.92 Å². The maximum Gasteiger partial charge on any atom is 0.270 e. The van der Waals surface area contributed by atoms with Crippen LogP contribution in [0.3, 0.4) is 0 Å². The van der Waals surface area contributed by atoms with Crippen LogP contribution in [0.1, 0.15) is 16.8 Å². The summed E-state index contributed by atoms with van der Waals surface area (Å²) in [5.74, 6) is 8.20. The first-order chi connectivity index (χ1) is 10.1. The maximum atomic E-state index is 10.9. The molecule has 2 heterocycles. The Kier molecular flexibility index (Phi) is 3.48. The van der Waals surface area contributed by atoms with Crippen molar-refractivity contribution in [1.29, 1.82) is 0 Å².